The number of hydrogen-bond donors (Lipinski definition) is 1. The van der Waals surface area contributed by atoms with Gasteiger partial charge in [0.05, 0.1) is 0 Å². The second-order valence-electron chi connectivity index (χ2n) is 4.18. The first-order chi connectivity index (χ1) is 8.84. The predicted molar refractivity (Wildman–Crippen MR) is 74.1 cm³/mol. The van der Waals surface area contributed by atoms with Crippen LogP contribution in [0.25, 0.3) is 0 Å². The highest BCUT2D eigenvalue weighted by Crippen LogP contribution is 2.04. The van der Waals surface area contributed by atoms with Gasteiger partial charge in [0.15, 0.2) is 0 Å². The molecule has 1 atom stereocenters. The van der Waals surface area contributed by atoms with Crippen molar-refractivity contribution in [3.8, 4) is 11.8 Å². The summed E-state index contributed by atoms with van der Waals surface area (Å²) in [6, 6.07) is 19.9. The molecule has 18 heavy (non-hydrogen) atoms. The van der Waals surface area contributed by atoms with Gasteiger partial charge in [0, 0.05) is 5.56 Å². The molecule has 0 aromatic heterocycles. The lowest BCUT2D eigenvalue weighted by atomic mass is 10.1. The van der Waals surface area contributed by atoms with Gasteiger partial charge in [-0.2, -0.15) is 0 Å². The van der Waals surface area contributed by atoms with Gasteiger partial charge in [0.1, 0.15) is 6.10 Å². The molecule has 2 aromatic rings. The topological polar surface area (TPSA) is 20.2 Å². The van der Waals surface area contributed by atoms with Crippen LogP contribution in [0.15, 0.2) is 60.7 Å². The first-order valence-corrected chi connectivity index (χ1v) is 6.13. The lowest BCUT2D eigenvalue weighted by molar-refractivity contribution is 0.222. The van der Waals surface area contributed by atoms with Crippen LogP contribution in [-0.4, -0.2) is 11.2 Å². The van der Waals surface area contributed by atoms with E-state index in [2.05, 4.69) is 24.0 Å². The Balaban J connectivity index is 1.86. The average Bonchev–Trinajstić information content (AvgIpc) is 2.45. The Hall–Kier alpha value is -2.04. The van der Waals surface area contributed by atoms with Crippen LogP contribution < -0.4 is 0 Å². The average molecular weight is 236 g/mol. The molecule has 0 aliphatic rings. The minimum absolute atomic E-state index is 0.564. The van der Waals surface area contributed by atoms with E-state index in [1.165, 1.54) is 5.56 Å². The van der Waals surface area contributed by atoms with Crippen LogP contribution in [0.4, 0.5) is 0 Å². The fraction of sp³-hybridized carbons (Fsp3) is 0.176. The molecule has 0 radical (unpaired) electrons. The molecule has 0 aliphatic carbocycles. The molecule has 0 fully saturated rings. The van der Waals surface area contributed by atoms with Gasteiger partial charge in [0.2, 0.25) is 0 Å². The van der Waals surface area contributed by atoms with E-state index in [0.29, 0.717) is 6.42 Å². The number of hydrogen-bond acceptors (Lipinski definition) is 1. The van der Waals surface area contributed by atoms with Crippen molar-refractivity contribution in [3.63, 3.8) is 0 Å². The van der Waals surface area contributed by atoms with Crippen LogP contribution in [0.1, 0.15) is 17.5 Å². The van der Waals surface area contributed by atoms with E-state index < -0.39 is 6.10 Å². The standard InChI is InChI=1S/C17H16O/c18-17(13-11-15-7-3-1-4-8-15)14-12-16-9-5-2-6-10-16/h1-10,17-18H,11,13H2/t17-/m0/s1. The summed E-state index contributed by atoms with van der Waals surface area (Å²) in [6.45, 7) is 0. The smallest absolute Gasteiger partial charge is 0.115 e. The largest absolute Gasteiger partial charge is 0.380 e. The monoisotopic (exact) mass is 236 g/mol. The number of aliphatic hydroxyl groups is 1. The van der Waals surface area contributed by atoms with Gasteiger partial charge in [-0.3, -0.25) is 0 Å². The van der Waals surface area contributed by atoms with E-state index in [-0.39, 0.29) is 0 Å². The molecule has 0 aliphatic heterocycles. The normalized spacial score (nSPS) is 11.4. The van der Waals surface area contributed by atoms with E-state index in [9.17, 15) is 5.11 Å². The van der Waals surface area contributed by atoms with Gasteiger partial charge in [0.25, 0.3) is 0 Å². The molecular formula is C17H16O. The van der Waals surface area contributed by atoms with Gasteiger partial charge in [-0.1, -0.05) is 60.4 Å². The Morgan fingerprint density at radius 2 is 1.50 bits per heavy atom. The maximum atomic E-state index is 9.80. The van der Waals surface area contributed by atoms with E-state index in [1.54, 1.807) is 0 Å². The van der Waals surface area contributed by atoms with Gasteiger partial charge >= 0.3 is 0 Å². The zero-order valence-corrected chi connectivity index (χ0v) is 10.2. The molecule has 2 rings (SSSR count). The highest BCUT2D eigenvalue weighted by atomic mass is 16.3. The van der Waals surface area contributed by atoms with Crippen molar-refractivity contribution in [3.05, 3.63) is 71.8 Å². The second-order valence-corrected chi connectivity index (χ2v) is 4.18. The van der Waals surface area contributed by atoms with Crippen LogP contribution in [0.2, 0.25) is 0 Å². The summed E-state index contributed by atoms with van der Waals surface area (Å²) in [6.07, 6.45) is 0.959. The lowest BCUT2D eigenvalue weighted by Gasteiger charge is -2.03. The van der Waals surface area contributed by atoms with Crippen LogP contribution in [0.3, 0.4) is 0 Å². The molecule has 1 heteroatoms. The fourth-order valence-electron chi connectivity index (χ4n) is 1.71. The molecule has 1 N–H and O–H groups in total. The van der Waals surface area contributed by atoms with Crippen molar-refractivity contribution in [1.29, 1.82) is 0 Å². The quantitative estimate of drug-likeness (QED) is 0.812. The van der Waals surface area contributed by atoms with Crippen molar-refractivity contribution in [1.82, 2.24) is 0 Å². The zero-order valence-electron chi connectivity index (χ0n) is 10.2. The number of aryl methyl sites for hydroxylation is 1. The highest BCUT2D eigenvalue weighted by Gasteiger charge is 1.99. The van der Waals surface area contributed by atoms with E-state index >= 15 is 0 Å². The van der Waals surface area contributed by atoms with Gasteiger partial charge in [-0.05, 0) is 30.5 Å². The van der Waals surface area contributed by atoms with Crippen LogP contribution in [-0.2, 0) is 6.42 Å². The third kappa shape index (κ3) is 4.08. The van der Waals surface area contributed by atoms with Crippen molar-refractivity contribution in [2.45, 2.75) is 18.9 Å². The summed E-state index contributed by atoms with van der Waals surface area (Å²) in [7, 11) is 0. The lowest BCUT2D eigenvalue weighted by Crippen LogP contribution is -2.04. The molecule has 1 nitrogen and oxygen atoms in total. The number of rotatable bonds is 3. The fourth-order valence-corrected chi connectivity index (χ4v) is 1.71. The Labute approximate surface area is 108 Å². The number of aliphatic hydroxyl groups excluding tert-OH is 1. The van der Waals surface area contributed by atoms with Crippen molar-refractivity contribution >= 4 is 0 Å². The van der Waals surface area contributed by atoms with Gasteiger partial charge < -0.3 is 5.11 Å². The van der Waals surface area contributed by atoms with Crippen LogP contribution in [0, 0.1) is 11.8 Å². The first-order valence-electron chi connectivity index (χ1n) is 6.13. The molecular weight excluding hydrogens is 220 g/mol. The van der Waals surface area contributed by atoms with E-state index in [4.69, 9.17) is 0 Å². The van der Waals surface area contributed by atoms with E-state index in [0.717, 1.165) is 12.0 Å². The summed E-state index contributed by atoms with van der Waals surface area (Å²) in [5, 5.41) is 9.80. The maximum Gasteiger partial charge on any atom is 0.115 e. The Morgan fingerprint density at radius 1 is 0.889 bits per heavy atom. The first kappa shape index (κ1) is 12.4. The third-order valence-electron chi connectivity index (χ3n) is 2.71. The van der Waals surface area contributed by atoms with Crippen molar-refractivity contribution < 1.29 is 5.11 Å². The summed E-state index contributed by atoms with van der Waals surface area (Å²) >= 11 is 0. The zero-order chi connectivity index (χ0) is 12.6. The summed E-state index contributed by atoms with van der Waals surface area (Å²) in [5.41, 5.74) is 2.18. The molecule has 2 aromatic carbocycles. The Bertz CT molecular complexity index is 520. The summed E-state index contributed by atoms with van der Waals surface area (Å²) in [4.78, 5) is 0. The molecule has 0 heterocycles. The maximum absolute atomic E-state index is 9.80. The van der Waals surface area contributed by atoms with E-state index in [1.807, 2.05) is 48.5 Å². The second kappa shape index (κ2) is 6.64. The molecule has 0 amide bonds. The van der Waals surface area contributed by atoms with Crippen LogP contribution >= 0.6 is 0 Å². The Morgan fingerprint density at radius 3 is 2.17 bits per heavy atom. The SMILES string of the molecule is O[C@H](C#Cc1ccccc1)CCc1ccccc1. The van der Waals surface area contributed by atoms with Crippen molar-refractivity contribution in [2.75, 3.05) is 0 Å². The summed E-state index contributed by atoms with van der Waals surface area (Å²) in [5.74, 6) is 5.86. The van der Waals surface area contributed by atoms with Gasteiger partial charge in [-0.15, -0.1) is 0 Å². The molecule has 0 unspecified atom stereocenters. The molecule has 0 saturated carbocycles. The molecule has 90 valence electrons. The Kier molecular flexibility index (Phi) is 4.58. The number of benzene rings is 2. The molecule has 0 bridgehead atoms. The highest BCUT2D eigenvalue weighted by molar-refractivity contribution is 5.34. The minimum atomic E-state index is -0.564. The predicted octanol–water partition coefficient (Wildman–Crippen LogP) is 3.03. The van der Waals surface area contributed by atoms with Crippen molar-refractivity contribution in [2.24, 2.45) is 0 Å². The molecule has 0 spiro atoms. The van der Waals surface area contributed by atoms with Gasteiger partial charge in [-0.25, -0.2) is 0 Å². The molecule has 0 saturated heterocycles. The third-order valence-corrected chi connectivity index (χ3v) is 2.71. The minimum Gasteiger partial charge on any atom is -0.380 e. The van der Waals surface area contributed by atoms with Crippen LogP contribution in [0.5, 0.6) is 0 Å². The summed E-state index contributed by atoms with van der Waals surface area (Å²) < 4.78 is 0.